The van der Waals surface area contributed by atoms with Gasteiger partial charge in [-0.25, -0.2) is 0 Å². The molecule has 2 unspecified atom stereocenters. The zero-order valence-corrected chi connectivity index (χ0v) is 12.3. The Hall–Kier alpha value is -1.39. The van der Waals surface area contributed by atoms with Crippen molar-refractivity contribution in [3.63, 3.8) is 0 Å². The molecule has 20 heavy (non-hydrogen) atoms. The summed E-state index contributed by atoms with van der Waals surface area (Å²) >= 11 is 0. The number of hydrogen-bond donors (Lipinski definition) is 2. The van der Waals surface area contributed by atoms with Crippen molar-refractivity contribution < 1.29 is 9.53 Å². The monoisotopic (exact) mass is 276 g/mol. The van der Waals surface area contributed by atoms with Gasteiger partial charge in [-0.2, -0.15) is 0 Å². The van der Waals surface area contributed by atoms with E-state index in [4.69, 9.17) is 4.74 Å². The standard InChI is InChI=1S/C16H24N2O2/c1-12(20-2)14-4-3-5-15(10-14)18-16(19)7-6-13-8-9-17-11-13/h3-5,10,12-13,17H,6-9,11H2,1-2H3,(H,18,19). The van der Waals surface area contributed by atoms with Crippen LogP contribution >= 0.6 is 0 Å². The molecule has 2 rings (SSSR count). The van der Waals surface area contributed by atoms with Crippen LogP contribution in [0.2, 0.25) is 0 Å². The summed E-state index contributed by atoms with van der Waals surface area (Å²) in [6.45, 7) is 4.13. The molecule has 1 aromatic rings. The van der Waals surface area contributed by atoms with Crippen LogP contribution in [0.3, 0.4) is 0 Å². The number of methoxy groups -OCH3 is 1. The average molecular weight is 276 g/mol. The molecule has 4 nitrogen and oxygen atoms in total. The Balaban J connectivity index is 1.83. The first-order chi connectivity index (χ1) is 9.69. The fourth-order valence-electron chi connectivity index (χ4n) is 2.52. The van der Waals surface area contributed by atoms with Crippen molar-refractivity contribution >= 4 is 11.6 Å². The van der Waals surface area contributed by atoms with Crippen LogP contribution in [0.1, 0.15) is 37.9 Å². The first kappa shape index (κ1) is 15.0. The molecule has 1 amide bonds. The molecule has 1 aliphatic heterocycles. The quantitative estimate of drug-likeness (QED) is 0.840. The largest absolute Gasteiger partial charge is 0.377 e. The van der Waals surface area contributed by atoms with Crippen LogP contribution in [0, 0.1) is 5.92 Å². The molecule has 0 aliphatic carbocycles. The van der Waals surface area contributed by atoms with Crippen molar-refractivity contribution in [2.75, 3.05) is 25.5 Å². The summed E-state index contributed by atoms with van der Waals surface area (Å²) in [4.78, 5) is 12.0. The maximum atomic E-state index is 12.0. The average Bonchev–Trinajstić information content (AvgIpc) is 2.98. The van der Waals surface area contributed by atoms with Gasteiger partial charge >= 0.3 is 0 Å². The van der Waals surface area contributed by atoms with E-state index in [-0.39, 0.29) is 12.0 Å². The predicted octanol–water partition coefficient (Wildman–Crippen LogP) is 2.72. The number of carbonyl (C=O) groups excluding carboxylic acids is 1. The number of nitrogens with one attached hydrogen (secondary N) is 2. The van der Waals surface area contributed by atoms with Gasteiger partial charge in [0.2, 0.25) is 5.91 Å². The second-order valence-electron chi connectivity index (χ2n) is 5.45. The Labute approximate surface area is 120 Å². The Morgan fingerprint density at radius 1 is 1.55 bits per heavy atom. The Morgan fingerprint density at radius 2 is 2.40 bits per heavy atom. The molecular formula is C16H24N2O2. The molecule has 0 spiro atoms. The van der Waals surface area contributed by atoms with Crippen molar-refractivity contribution in [2.45, 2.75) is 32.3 Å². The summed E-state index contributed by atoms with van der Waals surface area (Å²) in [6.07, 6.45) is 2.79. The van der Waals surface area contributed by atoms with E-state index in [1.165, 1.54) is 6.42 Å². The van der Waals surface area contributed by atoms with Gasteiger partial charge in [-0.05, 0) is 56.5 Å². The molecule has 110 valence electrons. The van der Waals surface area contributed by atoms with E-state index in [2.05, 4.69) is 10.6 Å². The molecule has 0 radical (unpaired) electrons. The van der Waals surface area contributed by atoms with Gasteiger partial charge in [0, 0.05) is 19.2 Å². The van der Waals surface area contributed by atoms with Gasteiger partial charge in [0.15, 0.2) is 0 Å². The first-order valence-corrected chi connectivity index (χ1v) is 7.32. The summed E-state index contributed by atoms with van der Waals surface area (Å²) in [6, 6.07) is 7.85. The number of benzene rings is 1. The van der Waals surface area contributed by atoms with Gasteiger partial charge in [0.1, 0.15) is 0 Å². The van der Waals surface area contributed by atoms with Crippen LogP contribution in [-0.4, -0.2) is 26.1 Å². The molecular weight excluding hydrogens is 252 g/mol. The van der Waals surface area contributed by atoms with Gasteiger partial charge in [-0.1, -0.05) is 12.1 Å². The van der Waals surface area contributed by atoms with Crippen LogP contribution in [0.4, 0.5) is 5.69 Å². The van der Waals surface area contributed by atoms with E-state index in [1.54, 1.807) is 7.11 Å². The van der Waals surface area contributed by atoms with E-state index in [1.807, 2.05) is 31.2 Å². The summed E-state index contributed by atoms with van der Waals surface area (Å²) in [7, 11) is 1.69. The van der Waals surface area contributed by atoms with Crippen LogP contribution in [-0.2, 0) is 9.53 Å². The topological polar surface area (TPSA) is 50.4 Å². The number of anilines is 1. The summed E-state index contributed by atoms with van der Waals surface area (Å²) in [5.41, 5.74) is 1.92. The van der Waals surface area contributed by atoms with Crippen LogP contribution < -0.4 is 10.6 Å². The number of carbonyl (C=O) groups is 1. The van der Waals surface area contributed by atoms with Crippen molar-refractivity contribution in [3.05, 3.63) is 29.8 Å². The predicted molar refractivity (Wildman–Crippen MR) is 80.7 cm³/mol. The molecule has 0 bridgehead atoms. The van der Waals surface area contributed by atoms with E-state index in [0.717, 1.165) is 30.8 Å². The molecule has 4 heteroatoms. The first-order valence-electron chi connectivity index (χ1n) is 7.32. The minimum absolute atomic E-state index is 0.0383. The third-order valence-corrected chi connectivity index (χ3v) is 3.94. The molecule has 1 saturated heterocycles. The van der Waals surface area contributed by atoms with E-state index >= 15 is 0 Å². The van der Waals surface area contributed by atoms with E-state index in [0.29, 0.717) is 12.3 Å². The highest BCUT2D eigenvalue weighted by molar-refractivity contribution is 5.90. The van der Waals surface area contributed by atoms with Crippen molar-refractivity contribution in [3.8, 4) is 0 Å². The van der Waals surface area contributed by atoms with Crippen molar-refractivity contribution in [1.29, 1.82) is 0 Å². The maximum absolute atomic E-state index is 12.0. The Kier molecular flexibility index (Phi) is 5.56. The van der Waals surface area contributed by atoms with Crippen LogP contribution in [0.15, 0.2) is 24.3 Å². The lowest BCUT2D eigenvalue weighted by atomic mass is 10.0. The number of ether oxygens (including phenoxy) is 1. The number of hydrogen-bond acceptors (Lipinski definition) is 3. The lowest BCUT2D eigenvalue weighted by Gasteiger charge is -2.12. The summed E-state index contributed by atoms with van der Waals surface area (Å²) in [5, 5.41) is 6.30. The van der Waals surface area contributed by atoms with Crippen molar-refractivity contribution in [2.24, 2.45) is 5.92 Å². The van der Waals surface area contributed by atoms with Crippen molar-refractivity contribution in [1.82, 2.24) is 5.32 Å². The number of amides is 1. The molecule has 1 fully saturated rings. The lowest BCUT2D eigenvalue weighted by Crippen LogP contribution is -2.15. The third-order valence-electron chi connectivity index (χ3n) is 3.94. The second kappa shape index (κ2) is 7.41. The summed E-state index contributed by atoms with van der Waals surface area (Å²) < 4.78 is 5.29. The highest BCUT2D eigenvalue weighted by atomic mass is 16.5. The second-order valence-corrected chi connectivity index (χ2v) is 5.45. The molecule has 2 atom stereocenters. The van der Waals surface area contributed by atoms with Gasteiger partial charge in [0.05, 0.1) is 6.10 Å². The molecule has 1 aliphatic rings. The van der Waals surface area contributed by atoms with E-state index in [9.17, 15) is 4.79 Å². The molecule has 2 N–H and O–H groups in total. The van der Waals surface area contributed by atoms with Gasteiger partial charge in [0.25, 0.3) is 0 Å². The highest BCUT2D eigenvalue weighted by Crippen LogP contribution is 2.20. The van der Waals surface area contributed by atoms with Gasteiger partial charge in [-0.3, -0.25) is 4.79 Å². The highest BCUT2D eigenvalue weighted by Gasteiger charge is 2.15. The SMILES string of the molecule is COC(C)c1cccc(NC(=O)CCC2CCNC2)c1. The molecule has 0 saturated carbocycles. The number of rotatable bonds is 6. The minimum Gasteiger partial charge on any atom is -0.377 e. The van der Waals surface area contributed by atoms with Gasteiger partial charge in [-0.15, -0.1) is 0 Å². The smallest absolute Gasteiger partial charge is 0.224 e. The summed E-state index contributed by atoms with van der Waals surface area (Å²) in [5.74, 6) is 0.750. The van der Waals surface area contributed by atoms with Crippen LogP contribution in [0.25, 0.3) is 0 Å². The fraction of sp³-hybridized carbons (Fsp3) is 0.562. The third kappa shape index (κ3) is 4.32. The zero-order valence-electron chi connectivity index (χ0n) is 12.3. The Bertz CT molecular complexity index is 442. The molecule has 1 aromatic carbocycles. The fourth-order valence-corrected chi connectivity index (χ4v) is 2.52. The normalized spacial score (nSPS) is 19.8. The van der Waals surface area contributed by atoms with Gasteiger partial charge < -0.3 is 15.4 Å². The molecule has 1 heterocycles. The molecule has 0 aromatic heterocycles. The maximum Gasteiger partial charge on any atom is 0.224 e. The zero-order chi connectivity index (χ0) is 14.4. The minimum atomic E-state index is 0.0383. The Morgan fingerprint density at radius 3 is 3.10 bits per heavy atom. The lowest BCUT2D eigenvalue weighted by molar-refractivity contribution is -0.116. The van der Waals surface area contributed by atoms with E-state index < -0.39 is 0 Å². The van der Waals surface area contributed by atoms with Crippen LogP contribution in [0.5, 0.6) is 0 Å².